The van der Waals surface area contributed by atoms with Crippen molar-refractivity contribution in [2.45, 2.75) is 0 Å². The number of anilines is 3. The fraction of sp³-hybridized carbons (Fsp3) is 0. The number of furan rings is 1. The molecule has 244 valence electrons. The van der Waals surface area contributed by atoms with Crippen LogP contribution in [0.3, 0.4) is 0 Å². The summed E-state index contributed by atoms with van der Waals surface area (Å²) in [7, 11) is 0. The topological polar surface area (TPSA) is 29.3 Å². The van der Waals surface area contributed by atoms with Gasteiger partial charge in [0.25, 0.3) is 0 Å². The largest absolute Gasteiger partial charge is 0.455 e. The third-order valence-corrected chi connectivity index (χ3v) is 10.1. The molecule has 3 heteroatoms. The molecule has 2 heterocycles. The lowest BCUT2D eigenvalue weighted by atomic mass is 9.93. The Kier molecular flexibility index (Phi) is 7.14. The van der Waals surface area contributed by atoms with E-state index >= 15 is 0 Å². The van der Waals surface area contributed by atoms with E-state index in [-0.39, 0.29) is 0 Å². The Hall–Kier alpha value is -6.97. The van der Waals surface area contributed by atoms with Crippen LogP contribution in [0.15, 0.2) is 199 Å². The van der Waals surface area contributed by atoms with Gasteiger partial charge in [0.15, 0.2) is 0 Å². The zero-order valence-corrected chi connectivity index (χ0v) is 28.3. The van der Waals surface area contributed by atoms with Crippen LogP contribution in [0, 0.1) is 0 Å². The van der Waals surface area contributed by atoms with Crippen molar-refractivity contribution in [1.29, 1.82) is 0 Å². The van der Waals surface area contributed by atoms with E-state index in [0.29, 0.717) is 0 Å². The van der Waals surface area contributed by atoms with Crippen molar-refractivity contribution in [2.24, 2.45) is 0 Å². The van der Waals surface area contributed by atoms with E-state index in [9.17, 15) is 0 Å². The zero-order valence-electron chi connectivity index (χ0n) is 28.3. The second-order valence-corrected chi connectivity index (χ2v) is 13.2. The van der Waals surface area contributed by atoms with Crippen molar-refractivity contribution in [3.05, 3.63) is 194 Å². The number of hydrogen-bond acceptors (Lipinski definition) is 3. The number of fused-ring (bicyclic) bond motifs is 6. The van der Waals surface area contributed by atoms with Gasteiger partial charge in [0, 0.05) is 56.6 Å². The fourth-order valence-corrected chi connectivity index (χ4v) is 7.70. The smallest absolute Gasteiger partial charge is 0.143 e. The van der Waals surface area contributed by atoms with E-state index in [2.05, 4.69) is 186 Å². The number of nitrogens with zero attached hydrogens (tertiary/aromatic N) is 2. The average molecular weight is 665 g/mol. The summed E-state index contributed by atoms with van der Waals surface area (Å²) in [4.78, 5) is 7.02. The molecule has 0 aliphatic carbocycles. The van der Waals surface area contributed by atoms with Gasteiger partial charge in [0.1, 0.15) is 11.2 Å². The molecule has 0 bridgehead atoms. The molecule has 10 aromatic rings. The first-order chi connectivity index (χ1) is 25.8. The monoisotopic (exact) mass is 664 g/mol. The number of para-hydroxylation sites is 1. The van der Waals surface area contributed by atoms with E-state index in [1.807, 2.05) is 18.5 Å². The maximum Gasteiger partial charge on any atom is 0.143 e. The summed E-state index contributed by atoms with van der Waals surface area (Å²) in [6.45, 7) is 0. The van der Waals surface area contributed by atoms with Gasteiger partial charge in [-0.1, -0.05) is 133 Å². The van der Waals surface area contributed by atoms with Gasteiger partial charge in [0.2, 0.25) is 0 Å². The predicted octanol–water partition coefficient (Wildman–Crippen LogP) is 13.8. The molecule has 8 aromatic carbocycles. The molecule has 10 rings (SSSR count). The SMILES string of the molecule is c1ccc(-c2cncc(-c3cccc4oc5c(-c6ccc(N(c7ccccc7)c7cccc8ccccc78)cc6)cc6ccccc6c5c34)c2)cc1. The summed E-state index contributed by atoms with van der Waals surface area (Å²) < 4.78 is 6.86. The molecule has 3 nitrogen and oxygen atoms in total. The quantitative estimate of drug-likeness (QED) is 0.177. The molecule has 0 atom stereocenters. The predicted molar refractivity (Wildman–Crippen MR) is 218 cm³/mol. The molecule has 0 amide bonds. The Labute approximate surface area is 301 Å². The van der Waals surface area contributed by atoms with Gasteiger partial charge in [-0.05, 0) is 81.4 Å². The molecule has 0 aliphatic rings. The van der Waals surface area contributed by atoms with Gasteiger partial charge in [-0.2, -0.15) is 0 Å². The van der Waals surface area contributed by atoms with Gasteiger partial charge in [-0.25, -0.2) is 0 Å². The number of hydrogen-bond donors (Lipinski definition) is 0. The van der Waals surface area contributed by atoms with E-state index in [1.165, 1.54) is 21.5 Å². The molecule has 0 saturated heterocycles. The summed E-state index contributed by atoms with van der Waals surface area (Å²) in [6, 6.07) is 64.5. The van der Waals surface area contributed by atoms with Crippen LogP contribution in [-0.2, 0) is 0 Å². The Morgan fingerprint density at radius 1 is 0.404 bits per heavy atom. The summed E-state index contributed by atoms with van der Waals surface area (Å²) in [6.07, 6.45) is 3.89. The van der Waals surface area contributed by atoms with Crippen molar-refractivity contribution in [3.8, 4) is 33.4 Å². The molecule has 2 aromatic heterocycles. The number of pyridine rings is 1. The maximum atomic E-state index is 6.86. The molecule has 0 fully saturated rings. The van der Waals surface area contributed by atoms with E-state index in [1.54, 1.807) is 0 Å². The van der Waals surface area contributed by atoms with E-state index in [0.717, 1.165) is 72.4 Å². The molecular weight excluding hydrogens is 633 g/mol. The summed E-state index contributed by atoms with van der Waals surface area (Å²) in [5.74, 6) is 0. The number of rotatable bonds is 6. The van der Waals surface area contributed by atoms with Crippen molar-refractivity contribution in [1.82, 2.24) is 4.98 Å². The highest BCUT2D eigenvalue weighted by Gasteiger charge is 2.21. The Morgan fingerprint density at radius 3 is 1.88 bits per heavy atom. The Balaban J connectivity index is 1.15. The average Bonchev–Trinajstić information content (AvgIpc) is 3.62. The highest BCUT2D eigenvalue weighted by Crippen LogP contribution is 2.45. The van der Waals surface area contributed by atoms with Crippen LogP contribution in [0.4, 0.5) is 17.1 Å². The van der Waals surface area contributed by atoms with Crippen molar-refractivity contribution >= 4 is 60.5 Å². The van der Waals surface area contributed by atoms with Crippen molar-refractivity contribution < 1.29 is 4.42 Å². The third kappa shape index (κ3) is 5.02. The minimum absolute atomic E-state index is 0.859. The van der Waals surface area contributed by atoms with Crippen LogP contribution < -0.4 is 4.90 Å². The Morgan fingerprint density at radius 2 is 1.06 bits per heavy atom. The van der Waals surface area contributed by atoms with Gasteiger partial charge in [0.05, 0.1) is 5.69 Å². The summed E-state index contributed by atoms with van der Waals surface area (Å²) in [5.41, 5.74) is 11.6. The van der Waals surface area contributed by atoms with Gasteiger partial charge in [-0.15, -0.1) is 0 Å². The van der Waals surface area contributed by atoms with Crippen LogP contribution in [0.1, 0.15) is 0 Å². The second-order valence-electron chi connectivity index (χ2n) is 13.2. The first kappa shape index (κ1) is 29.9. The first-order valence-corrected chi connectivity index (χ1v) is 17.6. The number of benzene rings is 8. The molecule has 0 spiro atoms. The highest BCUT2D eigenvalue weighted by molar-refractivity contribution is 6.25. The van der Waals surface area contributed by atoms with Crippen LogP contribution in [0.2, 0.25) is 0 Å². The normalized spacial score (nSPS) is 11.5. The lowest BCUT2D eigenvalue weighted by molar-refractivity contribution is 0.670. The molecule has 0 unspecified atom stereocenters. The van der Waals surface area contributed by atoms with Gasteiger partial charge < -0.3 is 9.32 Å². The fourth-order valence-electron chi connectivity index (χ4n) is 7.70. The molecular formula is C49H32N2O. The third-order valence-electron chi connectivity index (χ3n) is 10.1. The minimum Gasteiger partial charge on any atom is -0.455 e. The lowest BCUT2D eigenvalue weighted by Gasteiger charge is -2.27. The second kappa shape index (κ2) is 12.4. The van der Waals surface area contributed by atoms with E-state index in [4.69, 9.17) is 4.42 Å². The molecule has 52 heavy (non-hydrogen) atoms. The first-order valence-electron chi connectivity index (χ1n) is 17.6. The lowest BCUT2D eigenvalue weighted by Crippen LogP contribution is -2.10. The van der Waals surface area contributed by atoms with Crippen LogP contribution in [0.25, 0.3) is 76.9 Å². The summed E-state index contributed by atoms with van der Waals surface area (Å²) in [5, 5.41) is 6.98. The highest BCUT2D eigenvalue weighted by atomic mass is 16.3. The van der Waals surface area contributed by atoms with E-state index < -0.39 is 0 Å². The van der Waals surface area contributed by atoms with Gasteiger partial charge in [-0.3, -0.25) is 4.98 Å². The standard InChI is InChI=1S/C49H32N2O/c1-3-13-33(14-4-1)37-29-38(32-50-31-37)43-22-12-24-46-47(43)48-42-21-10-8-16-36(42)30-44(49(48)52-46)35-25-27-40(28-26-35)51(39-18-5-2-6-19-39)45-23-11-17-34-15-7-9-20-41(34)45/h1-32H. The van der Waals surface area contributed by atoms with Crippen molar-refractivity contribution in [3.63, 3.8) is 0 Å². The van der Waals surface area contributed by atoms with Crippen LogP contribution in [0.5, 0.6) is 0 Å². The van der Waals surface area contributed by atoms with Crippen LogP contribution >= 0.6 is 0 Å². The molecule has 0 N–H and O–H groups in total. The van der Waals surface area contributed by atoms with Crippen LogP contribution in [-0.4, -0.2) is 4.98 Å². The van der Waals surface area contributed by atoms with Crippen molar-refractivity contribution in [2.75, 3.05) is 4.90 Å². The summed E-state index contributed by atoms with van der Waals surface area (Å²) >= 11 is 0. The van der Waals surface area contributed by atoms with Gasteiger partial charge >= 0.3 is 0 Å². The zero-order chi connectivity index (χ0) is 34.4. The Bertz CT molecular complexity index is 2890. The molecule has 0 radical (unpaired) electrons. The maximum absolute atomic E-state index is 6.86. The molecule has 0 saturated carbocycles. The molecule has 0 aliphatic heterocycles. The number of aromatic nitrogens is 1. The minimum atomic E-state index is 0.859.